The summed E-state index contributed by atoms with van der Waals surface area (Å²) in [5, 5.41) is 6.92. The van der Waals surface area contributed by atoms with E-state index in [4.69, 9.17) is 9.73 Å². The highest BCUT2D eigenvalue weighted by molar-refractivity contribution is 14.0. The van der Waals surface area contributed by atoms with Crippen LogP contribution in [0.25, 0.3) is 0 Å². The van der Waals surface area contributed by atoms with E-state index >= 15 is 0 Å². The number of rotatable bonds is 7. The lowest BCUT2D eigenvalue weighted by Crippen LogP contribution is -2.39. The van der Waals surface area contributed by atoms with Gasteiger partial charge in [-0.05, 0) is 37.7 Å². The number of nitrogens with one attached hydrogen (secondary N) is 2. The zero-order chi connectivity index (χ0) is 19.6. The second-order valence-corrected chi connectivity index (χ2v) is 8.13. The Morgan fingerprint density at radius 3 is 2.86 bits per heavy atom. The molecule has 7 heteroatoms. The standard InChI is InChI=1S/C22H37N5O.HI/c1-3-23-22(25-11-9-19-7-4-6-18(2)16-19)26-17-20-8-5-10-24-21(20)27-12-14-28-15-13-27;/h5,8,10,18-19H,3-4,6-7,9,11-17H2,1-2H3,(H2,23,25,26);1H. The lowest BCUT2D eigenvalue weighted by molar-refractivity contribution is 0.122. The van der Waals surface area contributed by atoms with Gasteiger partial charge in [-0.15, -0.1) is 24.0 Å². The van der Waals surface area contributed by atoms with Crippen molar-refractivity contribution in [1.29, 1.82) is 0 Å². The van der Waals surface area contributed by atoms with Crippen molar-refractivity contribution in [1.82, 2.24) is 15.6 Å². The number of ether oxygens (including phenoxy) is 1. The Balaban J connectivity index is 0.00000300. The Hall–Kier alpha value is -1.09. The zero-order valence-corrected chi connectivity index (χ0v) is 20.4. The van der Waals surface area contributed by atoms with Gasteiger partial charge >= 0.3 is 0 Å². The molecule has 0 spiro atoms. The number of morpholine rings is 1. The van der Waals surface area contributed by atoms with E-state index in [1.54, 1.807) is 0 Å². The van der Waals surface area contributed by atoms with E-state index in [0.717, 1.165) is 63.0 Å². The fourth-order valence-electron chi connectivity index (χ4n) is 4.34. The lowest BCUT2D eigenvalue weighted by Gasteiger charge is -2.29. The summed E-state index contributed by atoms with van der Waals surface area (Å²) in [4.78, 5) is 11.8. The molecule has 6 nitrogen and oxygen atoms in total. The third kappa shape index (κ3) is 7.92. The van der Waals surface area contributed by atoms with Crippen molar-refractivity contribution < 1.29 is 4.74 Å². The molecule has 0 radical (unpaired) electrons. The number of halogens is 1. The number of hydrogen-bond donors (Lipinski definition) is 2. The summed E-state index contributed by atoms with van der Waals surface area (Å²) in [6.45, 7) is 10.3. The average molecular weight is 515 g/mol. The first kappa shape index (κ1) is 24.2. The molecule has 1 aromatic rings. The molecular weight excluding hydrogens is 477 g/mol. The third-order valence-electron chi connectivity index (χ3n) is 5.82. The van der Waals surface area contributed by atoms with Crippen molar-refractivity contribution in [3.63, 3.8) is 0 Å². The van der Waals surface area contributed by atoms with Gasteiger partial charge in [-0.2, -0.15) is 0 Å². The number of aliphatic imine (C=N–C) groups is 1. The van der Waals surface area contributed by atoms with Gasteiger partial charge in [0, 0.05) is 37.9 Å². The minimum atomic E-state index is 0. The van der Waals surface area contributed by atoms with Crippen LogP contribution in [-0.2, 0) is 11.3 Å². The second-order valence-electron chi connectivity index (χ2n) is 8.13. The molecule has 2 heterocycles. The van der Waals surface area contributed by atoms with Crippen molar-refractivity contribution in [3.8, 4) is 0 Å². The van der Waals surface area contributed by atoms with Crippen molar-refractivity contribution in [2.45, 2.75) is 52.5 Å². The Kier molecular flexibility index (Phi) is 11.1. The molecule has 164 valence electrons. The number of nitrogens with zero attached hydrogens (tertiary/aromatic N) is 3. The third-order valence-corrected chi connectivity index (χ3v) is 5.82. The molecule has 2 unspecified atom stereocenters. The van der Waals surface area contributed by atoms with Gasteiger partial charge in [0.05, 0.1) is 19.8 Å². The number of hydrogen-bond acceptors (Lipinski definition) is 4. The molecule has 1 saturated carbocycles. The predicted molar refractivity (Wildman–Crippen MR) is 131 cm³/mol. The van der Waals surface area contributed by atoms with E-state index in [-0.39, 0.29) is 24.0 Å². The molecule has 0 amide bonds. The molecule has 0 bridgehead atoms. The van der Waals surface area contributed by atoms with E-state index in [1.807, 2.05) is 12.3 Å². The van der Waals surface area contributed by atoms with Gasteiger partial charge in [-0.1, -0.05) is 32.3 Å². The molecule has 0 aromatic carbocycles. The van der Waals surface area contributed by atoms with Crippen LogP contribution in [0.3, 0.4) is 0 Å². The van der Waals surface area contributed by atoms with Crippen LogP contribution >= 0.6 is 24.0 Å². The molecule has 2 atom stereocenters. The Labute approximate surface area is 193 Å². The molecule has 1 aromatic heterocycles. The average Bonchev–Trinajstić information content (AvgIpc) is 2.73. The Bertz CT molecular complexity index is 621. The summed E-state index contributed by atoms with van der Waals surface area (Å²) in [6, 6.07) is 4.13. The molecule has 29 heavy (non-hydrogen) atoms. The fraction of sp³-hybridized carbons (Fsp3) is 0.727. The topological polar surface area (TPSA) is 61.8 Å². The van der Waals surface area contributed by atoms with Crippen LogP contribution in [-0.4, -0.2) is 50.3 Å². The number of guanidine groups is 1. The Morgan fingerprint density at radius 1 is 1.28 bits per heavy atom. The van der Waals surface area contributed by atoms with Crippen molar-refractivity contribution in [3.05, 3.63) is 23.9 Å². The van der Waals surface area contributed by atoms with Crippen LogP contribution in [0.1, 0.15) is 51.5 Å². The van der Waals surface area contributed by atoms with E-state index in [0.29, 0.717) is 6.54 Å². The monoisotopic (exact) mass is 515 g/mol. The van der Waals surface area contributed by atoms with Crippen molar-refractivity contribution in [2.24, 2.45) is 16.8 Å². The maximum Gasteiger partial charge on any atom is 0.191 e. The molecule has 1 saturated heterocycles. The summed E-state index contributed by atoms with van der Waals surface area (Å²) in [7, 11) is 0. The maximum absolute atomic E-state index is 5.48. The largest absolute Gasteiger partial charge is 0.378 e. The van der Waals surface area contributed by atoms with E-state index in [2.05, 4.69) is 40.4 Å². The highest BCUT2D eigenvalue weighted by Crippen LogP contribution is 2.30. The van der Waals surface area contributed by atoms with E-state index in [1.165, 1.54) is 37.7 Å². The summed E-state index contributed by atoms with van der Waals surface area (Å²) in [6.07, 6.45) is 8.68. The Morgan fingerprint density at radius 2 is 2.10 bits per heavy atom. The summed E-state index contributed by atoms with van der Waals surface area (Å²) >= 11 is 0. The van der Waals surface area contributed by atoms with Crippen LogP contribution in [0.5, 0.6) is 0 Å². The summed E-state index contributed by atoms with van der Waals surface area (Å²) < 4.78 is 5.48. The maximum atomic E-state index is 5.48. The minimum absolute atomic E-state index is 0. The van der Waals surface area contributed by atoms with Gasteiger partial charge in [0.25, 0.3) is 0 Å². The number of aromatic nitrogens is 1. The quantitative estimate of drug-likeness (QED) is 0.329. The molecule has 1 aliphatic carbocycles. The van der Waals surface area contributed by atoms with E-state index in [9.17, 15) is 0 Å². The van der Waals surface area contributed by atoms with Crippen molar-refractivity contribution >= 4 is 35.8 Å². The lowest BCUT2D eigenvalue weighted by atomic mass is 9.81. The molecule has 2 N–H and O–H groups in total. The minimum Gasteiger partial charge on any atom is -0.378 e. The first-order chi connectivity index (χ1) is 13.8. The van der Waals surface area contributed by atoms with Gasteiger partial charge in [0.2, 0.25) is 0 Å². The van der Waals surface area contributed by atoms with Gasteiger partial charge in [0.15, 0.2) is 5.96 Å². The van der Waals surface area contributed by atoms with Crippen molar-refractivity contribution in [2.75, 3.05) is 44.3 Å². The smallest absolute Gasteiger partial charge is 0.191 e. The van der Waals surface area contributed by atoms with Gasteiger partial charge in [0.1, 0.15) is 5.82 Å². The first-order valence-corrected chi connectivity index (χ1v) is 11.0. The van der Waals surface area contributed by atoms with Crippen LogP contribution < -0.4 is 15.5 Å². The fourth-order valence-corrected chi connectivity index (χ4v) is 4.34. The van der Waals surface area contributed by atoms with Gasteiger partial charge in [-0.3, -0.25) is 0 Å². The van der Waals surface area contributed by atoms with Crippen LogP contribution in [0.2, 0.25) is 0 Å². The molecular formula is C22H38IN5O. The summed E-state index contributed by atoms with van der Waals surface area (Å²) in [5.74, 6) is 3.71. The first-order valence-electron chi connectivity index (χ1n) is 11.0. The second kappa shape index (κ2) is 13.3. The molecule has 2 fully saturated rings. The van der Waals surface area contributed by atoms with Crippen LogP contribution in [0.4, 0.5) is 5.82 Å². The predicted octanol–water partition coefficient (Wildman–Crippen LogP) is 3.81. The molecule has 1 aliphatic heterocycles. The summed E-state index contributed by atoms with van der Waals surface area (Å²) in [5.41, 5.74) is 1.17. The molecule has 3 rings (SSSR count). The van der Waals surface area contributed by atoms with E-state index < -0.39 is 0 Å². The van der Waals surface area contributed by atoms with Crippen LogP contribution in [0, 0.1) is 11.8 Å². The normalized spacial score (nSPS) is 22.7. The highest BCUT2D eigenvalue weighted by atomic mass is 127. The van der Waals surface area contributed by atoms with Gasteiger partial charge in [-0.25, -0.2) is 9.98 Å². The van der Waals surface area contributed by atoms with Gasteiger partial charge < -0.3 is 20.3 Å². The number of anilines is 1. The highest BCUT2D eigenvalue weighted by Gasteiger charge is 2.18. The zero-order valence-electron chi connectivity index (χ0n) is 18.0. The number of pyridine rings is 1. The molecule has 2 aliphatic rings. The SMILES string of the molecule is CCNC(=NCc1cccnc1N1CCOCC1)NCCC1CCCC(C)C1.I. The van der Waals surface area contributed by atoms with Crippen LogP contribution in [0.15, 0.2) is 23.3 Å².